The van der Waals surface area contributed by atoms with Crippen molar-refractivity contribution in [3.8, 4) is 0 Å². The van der Waals surface area contributed by atoms with Gasteiger partial charge in [0.05, 0.1) is 12.0 Å². The highest BCUT2D eigenvalue weighted by Gasteiger charge is 2.01. The van der Waals surface area contributed by atoms with E-state index in [2.05, 4.69) is 15.6 Å². The molecular weight excluding hydrogens is 180 g/mol. The van der Waals surface area contributed by atoms with E-state index in [4.69, 9.17) is 0 Å². The van der Waals surface area contributed by atoms with Gasteiger partial charge in [0.25, 0.3) is 0 Å². The molecule has 14 heavy (non-hydrogen) atoms. The number of imidazole rings is 1. The van der Waals surface area contributed by atoms with E-state index in [1.54, 1.807) is 17.9 Å². The molecule has 0 unspecified atom stereocenters. The number of rotatable bonds is 5. The average molecular weight is 196 g/mol. The number of carbonyl (C=O) groups excluding carboxylic acids is 1. The predicted molar refractivity (Wildman–Crippen MR) is 53.7 cm³/mol. The van der Waals surface area contributed by atoms with Crippen LogP contribution >= 0.6 is 0 Å². The summed E-state index contributed by atoms with van der Waals surface area (Å²) in [6, 6.07) is 0. The van der Waals surface area contributed by atoms with Crippen LogP contribution in [0.15, 0.2) is 12.5 Å². The highest BCUT2D eigenvalue weighted by atomic mass is 16.1. The molecule has 78 valence electrons. The number of nitrogens with one attached hydrogen (secondary N) is 2. The fourth-order valence-corrected chi connectivity index (χ4v) is 1.08. The van der Waals surface area contributed by atoms with Gasteiger partial charge in [-0.1, -0.05) is 6.92 Å². The second kappa shape index (κ2) is 5.39. The monoisotopic (exact) mass is 196 g/mol. The summed E-state index contributed by atoms with van der Waals surface area (Å²) in [5.74, 6) is -0.0163. The minimum atomic E-state index is -0.0163. The molecule has 0 spiro atoms. The molecule has 0 aliphatic heterocycles. The van der Waals surface area contributed by atoms with Gasteiger partial charge in [0.1, 0.15) is 6.54 Å². The molecule has 0 bridgehead atoms. The van der Waals surface area contributed by atoms with Crippen LogP contribution in [0.1, 0.15) is 12.6 Å². The van der Waals surface area contributed by atoms with E-state index in [1.165, 1.54) is 0 Å². The van der Waals surface area contributed by atoms with Crippen LogP contribution in [-0.2, 0) is 17.9 Å². The largest absolute Gasteiger partial charge is 0.358 e. The molecule has 5 nitrogen and oxygen atoms in total. The molecule has 0 saturated carbocycles. The van der Waals surface area contributed by atoms with Crippen LogP contribution in [0.25, 0.3) is 0 Å². The fraction of sp³-hybridized carbons (Fsp3) is 0.556. The summed E-state index contributed by atoms with van der Waals surface area (Å²) in [7, 11) is 1.62. The predicted octanol–water partition coefficient (Wildman–Crippen LogP) is -0.261. The van der Waals surface area contributed by atoms with Crippen molar-refractivity contribution in [2.45, 2.75) is 20.0 Å². The number of hydrogen-bond acceptors (Lipinski definition) is 3. The summed E-state index contributed by atoms with van der Waals surface area (Å²) in [5, 5.41) is 5.73. The third-order valence-electron chi connectivity index (χ3n) is 1.85. The van der Waals surface area contributed by atoms with Gasteiger partial charge in [-0.15, -0.1) is 0 Å². The maximum atomic E-state index is 11.0. The van der Waals surface area contributed by atoms with Gasteiger partial charge in [0.2, 0.25) is 5.91 Å². The molecule has 1 aromatic heterocycles. The molecule has 1 rings (SSSR count). The summed E-state index contributed by atoms with van der Waals surface area (Å²) < 4.78 is 1.77. The van der Waals surface area contributed by atoms with Crippen molar-refractivity contribution < 1.29 is 4.79 Å². The third-order valence-corrected chi connectivity index (χ3v) is 1.85. The lowest BCUT2D eigenvalue weighted by atomic mass is 10.4. The van der Waals surface area contributed by atoms with Gasteiger partial charge >= 0.3 is 0 Å². The van der Waals surface area contributed by atoms with E-state index in [-0.39, 0.29) is 5.91 Å². The smallest absolute Gasteiger partial charge is 0.239 e. The first-order chi connectivity index (χ1) is 6.76. The third kappa shape index (κ3) is 3.18. The first kappa shape index (κ1) is 10.7. The Morgan fingerprint density at radius 3 is 3.07 bits per heavy atom. The maximum Gasteiger partial charge on any atom is 0.239 e. The van der Waals surface area contributed by atoms with Gasteiger partial charge in [-0.2, -0.15) is 0 Å². The van der Waals surface area contributed by atoms with Crippen LogP contribution in [0.3, 0.4) is 0 Å². The van der Waals surface area contributed by atoms with Crippen LogP contribution in [0.2, 0.25) is 0 Å². The molecule has 1 aromatic rings. The van der Waals surface area contributed by atoms with E-state index in [0.717, 1.165) is 18.8 Å². The van der Waals surface area contributed by atoms with Crippen LogP contribution in [0, 0.1) is 0 Å². The molecule has 0 radical (unpaired) electrons. The molecule has 1 heterocycles. The van der Waals surface area contributed by atoms with Crippen molar-refractivity contribution in [3.63, 3.8) is 0 Å². The van der Waals surface area contributed by atoms with Gasteiger partial charge in [0, 0.05) is 19.8 Å². The van der Waals surface area contributed by atoms with E-state index < -0.39 is 0 Å². The summed E-state index contributed by atoms with van der Waals surface area (Å²) in [6.07, 6.45) is 3.54. The average Bonchev–Trinajstić information content (AvgIpc) is 2.62. The van der Waals surface area contributed by atoms with Crippen molar-refractivity contribution in [2.24, 2.45) is 0 Å². The zero-order chi connectivity index (χ0) is 10.4. The minimum Gasteiger partial charge on any atom is -0.358 e. The van der Waals surface area contributed by atoms with Crippen molar-refractivity contribution in [1.29, 1.82) is 0 Å². The Morgan fingerprint density at radius 2 is 2.43 bits per heavy atom. The summed E-state index contributed by atoms with van der Waals surface area (Å²) in [4.78, 5) is 15.2. The lowest BCUT2D eigenvalue weighted by molar-refractivity contribution is -0.121. The Kier molecular flexibility index (Phi) is 4.12. The minimum absolute atomic E-state index is 0.0163. The lowest BCUT2D eigenvalue weighted by Gasteiger charge is -1.99. The molecule has 0 fully saturated rings. The second-order valence-electron chi connectivity index (χ2n) is 2.99. The van der Waals surface area contributed by atoms with Crippen molar-refractivity contribution >= 4 is 5.91 Å². The van der Waals surface area contributed by atoms with E-state index in [9.17, 15) is 4.79 Å². The summed E-state index contributed by atoms with van der Waals surface area (Å²) >= 11 is 0. The van der Waals surface area contributed by atoms with Gasteiger partial charge in [-0.05, 0) is 6.54 Å². The fourth-order valence-electron chi connectivity index (χ4n) is 1.08. The molecule has 0 aromatic carbocycles. The first-order valence-corrected chi connectivity index (χ1v) is 4.68. The van der Waals surface area contributed by atoms with Crippen molar-refractivity contribution in [2.75, 3.05) is 13.6 Å². The highest BCUT2D eigenvalue weighted by molar-refractivity contribution is 5.75. The van der Waals surface area contributed by atoms with Crippen LogP contribution in [-0.4, -0.2) is 29.1 Å². The van der Waals surface area contributed by atoms with Crippen molar-refractivity contribution in [3.05, 3.63) is 18.2 Å². The Morgan fingerprint density at radius 1 is 1.64 bits per heavy atom. The molecule has 0 aliphatic carbocycles. The quantitative estimate of drug-likeness (QED) is 0.682. The molecule has 0 atom stereocenters. The maximum absolute atomic E-state index is 11.0. The van der Waals surface area contributed by atoms with Gasteiger partial charge < -0.3 is 15.2 Å². The molecule has 1 amide bonds. The highest BCUT2D eigenvalue weighted by Crippen LogP contribution is 1.95. The van der Waals surface area contributed by atoms with Crippen LogP contribution in [0.4, 0.5) is 0 Å². The van der Waals surface area contributed by atoms with Gasteiger partial charge in [-0.25, -0.2) is 4.98 Å². The SMILES string of the molecule is CCNCc1cn(CC(=O)NC)cn1. The second-order valence-corrected chi connectivity index (χ2v) is 2.99. The van der Waals surface area contributed by atoms with Gasteiger partial charge in [0.15, 0.2) is 0 Å². The zero-order valence-electron chi connectivity index (χ0n) is 8.58. The number of hydrogen-bond donors (Lipinski definition) is 2. The summed E-state index contributed by atoms with van der Waals surface area (Å²) in [6.45, 7) is 4.04. The van der Waals surface area contributed by atoms with E-state index >= 15 is 0 Å². The molecule has 5 heteroatoms. The Balaban J connectivity index is 2.46. The molecular formula is C9H16N4O. The number of amides is 1. The van der Waals surface area contributed by atoms with Gasteiger partial charge in [-0.3, -0.25) is 4.79 Å². The van der Waals surface area contributed by atoms with Crippen LogP contribution < -0.4 is 10.6 Å². The van der Waals surface area contributed by atoms with E-state index in [0.29, 0.717) is 6.54 Å². The number of likely N-dealkylation sites (N-methyl/N-ethyl adjacent to an activating group) is 1. The normalized spacial score (nSPS) is 10.1. The summed E-state index contributed by atoms with van der Waals surface area (Å²) in [5.41, 5.74) is 0.954. The lowest BCUT2D eigenvalue weighted by Crippen LogP contribution is -2.22. The Labute approximate surface area is 83.5 Å². The Bertz CT molecular complexity index is 295. The zero-order valence-corrected chi connectivity index (χ0v) is 8.58. The first-order valence-electron chi connectivity index (χ1n) is 4.68. The Hall–Kier alpha value is -1.36. The van der Waals surface area contributed by atoms with Crippen molar-refractivity contribution in [1.82, 2.24) is 20.2 Å². The molecule has 0 aliphatic rings. The number of nitrogens with zero attached hydrogens (tertiary/aromatic N) is 2. The molecule has 0 saturated heterocycles. The number of carbonyl (C=O) groups is 1. The van der Waals surface area contributed by atoms with E-state index in [1.807, 2.05) is 13.1 Å². The topological polar surface area (TPSA) is 59.0 Å². The standard InChI is InChI=1S/C9H16N4O/c1-3-11-4-8-5-13(7-12-8)6-9(14)10-2/h5,7,11H,3-4,6H2,1-2H3,(H,10,14). The number of aromatic nitrogens is 2. The molecule has 2 N–H and O–H groups in total. The van der Waals surface area contributed by atoms with Crippen LogP contribution in [0.5, 0.6) is 0 Å².